The van der Waals surface area contributed by atoms with Gasteiger partial charge in [-0.1, -0.05) is 0 Å². The number of morpholine rings is 1. The van der Waals surface area contributed by atoms with Gasteiger partial charge in [-0.15, -0.1) is 0 Å². The van der Waals surface area contributed by atoms with E-state index in [-0.39, 0.29) is 5.91 Å². The van der Waals surface area contributed by atoms with E-state index in [1.807, 2.05) is 4.90 Å². The van der Waals surface area contributed by atoms with Crippen LogP contribution in [0.15, 0.2) is 0 Å². The number of nitrogens with zero attached hydrogens (tertiary/aromatic N) is 3. The molecule has 1 spiro atoms. The largest absolute Gasteiger partial charge is 0.384 e. The highest BCUT2D eigenvalue weighted by atomic mass is 16.5. The Labute approximate surface area is 146 Å². The van der Waals surface area contributed by atoms with Crippen molar-refractivity contribution < 1.29 is 14.3 Å². The maximum atomic E-state index is 12.2. The van der Waals surface area contributed by atoms with Gasteiger partial charge in [-0.2, -0.15) is 0 Å². The predicted molar refractivity (Wildman–Crippen MR) is 93.0 cm³/mol. The molecule has 0 saturated carbocycles. The minimum Gasteiger partial charge on any atom is -0.384 e. The first-order chi connectivity index (χ1) is 11.6. The zero-order valence-corrected chi connectivity index (χ0v) is 15.3. The summed E-state index contributed by atoms with van der Waals surface area (Å²) in [4.78, 5) is 19.3. The Morgan fingerprint density at radius 1 is 1.21 bits per heavy atom. The first-order valence-corrected chi connectivity index (χ1v) is 9.39. The second kappa shape index (κ2) is 8.13. The molecule has 0 bridgehead atoms. The summed E-state index contributed by atoms with van der Waals surface area (Å²) in [6, 6.07) is 0.652. The molecule has 1 atom stereocenters. The molecule has 3 aliphatic rings. The zero-order valence-electron chi connectivity index (χ0n) is 15.3. The Hall–Kier alpha value is -0.690. The van der Waals surface area contributed by atoms with Crippen molar-refractivity contribution in [2.45, 2.75) is 31.7 Å². The van der Waals surface area contributed by atoms with Crippen molar-refractivity contribution in [1.29, 1.82) is 0 Å². The van der Waals surface area contributed by atoms with Gasteiger partial charge in [-0.25, -0.2) is 0 Å². The summed E-state index contributed by atoms with van der Waals surface area (Å²) in [7, 11) is 3.93. The molecule has 0 N–H and O–H groups in total. The van der Waals surface area contributed by atoms with E-state index in [1.54, 1.807) is 7.11 Å². The molecule has 0 radical (unpaired) electrons. The SMILES string of the molecule is COCCC(=O)N1CCC2(CC1)CC(CN1CCOCC1)N(C)C2. The predicted octanol–water partition coefficient (Wildman–Crippen LogP) is 0.668. The lowest BCUT2D eigenvalue weighted by molar-refractivity contribution is -0.134. The Kier molecular flexibility index (Phi) is 6.13. The summed E-state index contributed by atoms with van der Waals surface area (Å²) < 4.78 is 10.5. The van der Waals surface area contributed by atoms with Crippen molar-refractivity contribution in [3.05, 3.63) is 0 Å². The number of rotatable bonds is 5. The fourth-order valence-corrected chi connectivity index (χ4v) is 4.60. The third kappa shape index (κ3) is 4.28. The van der Waals surface area contributed by atoms with Crippen molar-refractivity contribution in [1.82, 2.24) is 14.7 Å². The number of piperidine rings is 1. The maximum Gasteiger partial charge on any atom is 0.224 e. The van der Waals surface area contributed by atoms with Gasteiger partial charge in [0.2, 0.25) is 5.91 Å². The highest BCUT2D eigenvalue weighted by Gasteiger charge is 2.44. The van der Waals surface area contributed by atoms with E-state index in [0.29, 0.717) is 24.5 Å². The Morgan fingerprint density at radius 2 is 1.92 bits per heavy atom. The summed E-state index contributed by atoms with van der Waals surface area (Å²) in [6.45, 7) is 8.60. The van der Waals surface area contributed by atoms with Gasteiger partial charge < -0.3 is 19.3 Å². The quantitative estimate of drug-likeness (QED) is 0.737. The molecule has 3 rings (SSSR count). The van der Waals surface area contributed by atoms with E-state index in [4.69, 9.17) is 9.47 Å². The van der Waals surface area contributed by atoms with Gasteiger partial charge in [0.1, 0.15) is 0 Å². The van der Waals surface area contributed by atoms with Crippen LogP contribution in [0.5, 0.6) is 0 Å². The number of amides is 1. The van der Waals surface area contributed by atoms with Gasteiger partial charge in [0, 0.05) is 52.4 Å². The number of likely N-dealkylation sites (tertiary alicyclic amines) is 2. The smallest absolute Gasteiger partial charge is 0.224 e. The van der Waals surface area contributed by atoms with Crippen LogP contribution in [0.2, 0.25) is 0 Å². The molecule has 0 aromatic heterocycles. The van der Waals surface area contributed by atoms with Crippen LogP contribution in [0.3, 0.4) is 0 Å². The molecule has 3 saturated heterocycles. The number of hydrogen-bond donors (Lipinski definition) is 0. The average Bonchev–Trinajstić information content (AvgIpc) is 2.89. The van der Waals surface area contributed by atoms with Crippen LogP contribution in [0.4, 0.5) is 0 Å². The number of methoxy groups -OCH3 is 1. The molecule has 0 aromatic rings. The van der Waals surface area contributed by atoms with Crippen LogP contribution in [-0.4, -0.2) is 99.9 Å². The number of ether oxygens (including phenoxy) is 2. The average molecular weight is 339 g/mol. The summed E-state index contributed by atoms with van der Waals surface area (Å²) in [5.41, 5.74) is 0.420. The van der Waals surface area contributed by atoms with Crippen LogP contribution < -0.4 is 0 Å². The van der Waals surface area contributed by atoms with E-state index in [0.717, 1.165) is 58.8 Å². The Morgan fingerprint density at radius 3 is 2.58 bits per heavy atom. The van der Waals surface area contributed by atoms with Crippen molar-refractivity contribution in [2.24, 2.45) is 5.41 Å². The van der Waals surface area contributed by atoms with Crippen molar-refractivity contribution >= 4 is 5.91 Å². The van der Waals surface area contributed by atoms with Crippen molar-refractivity contribution in [3.63, 3.8) is 0 Å². The lowest BCUT2D eigenvalue weighted by Gasteiger charge is -2.39. The Balaban J connectivity index is 1.48. The molecule has 3 fully saturated rings. The fraction of sp³-hybridized carbons (Fsp3) is 0.944. The minimum atomic E-state index is 0.253. The number of carbonyl (C=O) groups excluding carboxylic acids is 1. The van der Waals surface area contributed by atoms with Gasteiger partial charge in [0.25, 0.3) is 0 Å². The van der Waals surface area contributed by atoms with Crippen LogP contribution in [0, 0.1) is 5.41 Å². The summed E-state index contributed by atoms with van der Waals surface area (Å²) in [5.74, 6) is 0.253. The van der Waals surface area contributed by atoms with E-state index in [1.165, 1.54) is 13.0 Å². The molecule has 0 aromatic carbocycles. The van der Waals surface area contributed by atoms with Crippen LogP contribution in [0.1, 0.15) is 25.7 Å². The molecule has 1 amide bonds. The molecule has 6 nitrogen and oxygen atoms in total. The van der Waals surface area contributed by atoms with Gasteiger partial charge in [-0.3, -0.25) is 9.69 Å². The van der Waals surface area contributed by atoms with E-state index < -0.39 is 0 Å². The van der Waals surface area contributed by atoms with E-state index >= 15 is 0 Å². The molecule has 3 heterocycles. The van der Waals surface area contributed by atoms with E-state index in [2.05, 4.69) is 16.8 Å². The Bertz CT molecular complexity index is 418. The maximum absolute atomic E-state index is 12.2. The van der Waals surface area contributed by atoms with Crippen molar-refractivity contribution in [3.8, 4) is 0 Å². The normalized spacial score (nSPS) is 28.6. The van der Waals surface area contributed by atoms with Crippen LogP contribution >= 0.6 is 0 Å². The van der Waals surface area contributed by atoms with Gasteiger partial charge in [-0.05, 0) is 31.7 Å². The molecule has 1 unspecified atom stereocenters. The number of likely N-dealkylation sites (N-methyl/N-ethyl adjacent to an activating group) is 1. The third-order valence-electron chi connectivity index (χ3n) is 6.15. The van der Waals surface area contributed by atoms with E-state index in [9.17, 15) is 4.79 Å². The van der Waals surface area contributed by atoms with Gasteiger partial charge >= 0.3 is 0 Å². The number of carbonyl (C=O) groups is 1. The monoisotopic (exact) mass is 339 g/mol. The number of hydrogen-bond acceptors (Lipinski definition) is 5. The zero-order chi connectivity index (χ0) is 17.0. The third-order valence-corrected chi connectivity index (χ3v) is 6.15. The summed E-state index contributed by atoms with van der Waals surface area (Å²) >= 11 is 0. The first kappa shape index (κ1) is 18.1. The summed E-state index contributed by atoms with van der Waals surface area (Å²) in [5, 5.41) is 0. The molecule has 6 heteroatoms. The second-order valence-corrected chi connectivity index (χ2v) is 7.81. The van der Waals surface area contributed by atoms with Gasteiger partial charge in [0.15, 0.2) is 0 Å². The lowest BCUT2D eigenvalue weighted by Crippen LogP contribution is -2.44. The minimum absolute atomic E-state index is 0.253. The molecule has 0 aliphatic carbocycles. The molecule has 138 valence electrons. The van der Waals surface area contributed by atoms with Crippen LogP contribution in [0.25, 0.3) is 0 Å². The first-order valence-electron chi connectivity index (χ1n) is 9.39. The summed E-state index contributed by atoms with van der Waals surface area (Å²) in [6.07, 6.45) is 4.09. The molecule has 24 heavy (non-hydrogen) atoms. The lowest BCUT2D eigenvalue weighted by atomic mass is 9.76. The standard InChI is InChI=1S/C18H33N3O3/c1-19-15-18(13-16(19)14-20-8-11-24-12-9-20)4-6-21(7-5-18)17(22)3-10-23-2/h16H,3-15H2,1-2H3. The topological polar surface area (TPSA) is 45.3 Å². The van der Waals surface area contributed by atoms with Crippen molar-refractivity contribution in [2.75, 3.05) is 73.2 Å². The molecular weight excluding hydrogens is 306 g/mol. The van der Waals surface area contributed by atoms with Gasteiger partial charge in [0.05, 0.1) is 26.2 Å². The molecular formula is C18H33N3O3. The highest BCUT2D eigenvalue weighted by Crippen LogP contribution is 2.43. The molecule has 3 aliphatic heterocycles. The second-order valence-electron chi connectivity index (χ2n) is 7.81. The van der Waals surface area contributed by atoms with Crippen LogP contribution in [-0.2, 0) is 14.3 Å². The fourth-order valence-electron chi connectivity index (χ4n) is 4.60. The highest BCUT2D eigenvalue weighted by molar-refractivity contribution is 5.76.